The second-order valence-electron chi connectivity index (χ2n) is 6.24. The van der Waals surface area contributed by atoms with Gasteiger partial charge in [0.05, 0.1) is 14.2 Å². The molecule has 0 saturated carbocycles. The fourth-order valence-corrected chi connectivity index (χ4v) is 4.15. The average molecular weight is 383 g/mol. The summed E-state index contributed by atoms with van der Waals surface area (Å²) in [6, 6.07) is 3.56. The molecule has 2 aliphatic rings. The predicted molar refractivity (Wildman–Crippen MR) is 92.2 cm³/mol. The van der Waals surface area contributed by atoms with E-state index in [1.54, 1.807) is 26.4 Å². The highest BCUT2D eigenvalue weighted by Gasteiger charge is 2.32. The lowest BCUT2D eigenvalue weighted by Gasteiger charge is -2.22. The molecule has 2 saturated heterocycles. The number of ether oxygens (including phenoxy) is 2. The van der Waals surface area contributed by atoms with E-state index in [1.807, 2.05) is 4.90 Å². The number of hydrogen-bond donors (Lipinski definition) is 1. The van der Waals surface area contributed by atoms with Crippen molar-refractivity contribution in [1.82, 2.24) is 10.2 Å². The van der Waals surface area contributed by atoms with Gasteiger partial charge in [-0.1, -0.05) is 0 Å². The van der Waals surface area contributed by atoms with E-state index in [9.17, 15) is 4.79 Å². The number of fused-ring (bicyclic) bond motifs is 1. The average Bonchev–Trinajstić information content (AvgIpc) is 2.93. The fraction of sp³-hybridized carbons (Fsp3) is 0.588. The number of nitrogens with zero attached hydrogens (tertiary/aromatic N) is 1. The molecular weight excluding hydrogens is 360 g/mol. The molecule has 0 unspecified atom stereocenters. The van der Waals surface area contributed by atoms with Gasteiger partial charge in [0.1, 0.15) is 16.0 Å². The van der Waals surface area contributed by atoms with E-state index in [4.69, 9.17) is 9.47 Å². The zero-order valence-electron chi connectivity index (χ0n) is 13.6. The highest BCUT2D eigenvalue weighted by atomic mass is 79.9. The molecule has 0 aliphatic carbocycles. The normalized spacial score (nSPS) is 24.0. The van der Waals surface area contributed by atoms with Crippen LogP contribution >= 0.6 is 15.9 Å². The van der Waals surface area contributed by atoms with Crippen molar-refractivity contribution in [3.05, 3.63) is 22.2 Å². The topological polar surface area (TPSA) is 50.8 Å². The Bertz CT molecular complexity index is 554. The molecule has 3 rings (SSSR count). The van der Waals surface area contributed by atoms with Gasteiger partial charge in [0.15, 0.2) is 0 Å². The first-order valence-electron chi connectivity index (χ1n) is 8.05. The maximum atomic E-state index is 12.9. The number of amides is 1. The van der Waals surface area contributed by atoms with Gasteiger partial charge in [-0.25, -0.2) is 0 Å². The fourth-order valence-electron chi connectivity index (χ4n) is 3.60. The number of halogens is 1. The molecule has 126 valence electrons. The third-order valence-corrected chi connectivity index (χ3v) is 5.78. The standard InChI is InChI=1S/C17H23BrN2O3/c1-22-14-7-13(8-15(23-2)16(14)18)17(21)20-5-3-11-9-19-10-12(11)4-6-20/h7-8,11-12,19H,3-6,9-10H2,1-2H3/t11-,12+. The number of methoxy groups -OCH3 is 2. The molecule has 1 N–H and O–H groups in total. The number of hydrogen-bond acceptors (Lipinski definition) is 4. The number of carbonyl (C=O) groups is 1. The van der Waals surface area contributed by atoms with E-state index in [1.165, 1.54) is 0 Å². The van der Waals surface area contributed by atoms with Crippen LogP contribution in [0.4, 0.5) is 0 Å². The Hall–Kier alpha value is -1.27. The minimum Gasteiger partial charge on any atom is -0.495 e. The van der Waals surface area contributed by atoms with Gasteiger partial charge in [-0.2, -0.15) is 0 Å². The number of likely N-dealkylation sites (tertiary alicyclic amines) is 1. The lowest BCUT2D eigenvalue weighted by Crippen LogP contribution is -2.32. The van der Waals surface area contributed by atoms with E-state index in [0.29, 0.717) is 28.9 Å². The van der Waals surface area contributed by atoms with Crippen LogP contribution in [0.15, 0.2) is 16.6 Å². The highest BCUT2D eigenvalue weighted by Crippen LogP contribution is 2.36. The molecule has 5 nitrogen and oxygen atoms in total. The number of nitrogens with one attached hydrogen (secondary N) is 1. The Kier molecular flexibility index (Phi) is 5.11. The minimum atomic E-state index is 0.0574. The van der Waals surface area contributed by atoms with Crippen LogP contribution in [0.3, 0.4) is 0 Å². The molecule has 23 heavy (non-hydrogen) atoms. The first-order chi connectivity index (χ1) is 11.1. The van der Waals surface area contributed by atoms with Gasteiger partial charge in [-0.3, -0.25) is 4.79 Å². The second-order valence-corrected chi connectivity index (χ2v) is 7.04. The first-order valence-corrected chi connectivity index (χ1v) is 8.85. The van der Waals surface area contributed by atoms with Gasteiger partial charge in [-0.15, -0.1) is 0 Å². The third kappa shape index (κ3) is 3.33. The molecule has 0 aromatic heterocycles. The highest BCUT2D eigenvalue weighted by molar-refractivity contribution is 9.10. The summed E-state index contributed by atoms with van der Waals surface area (Å²) in [4.78, 5) is 14.9. The molecule has 2 atom stereocenters. The van der Waals surface area contributed by atoms with Gasteiger partial charge in [-0.05, 0) is 65.8 Å². The number of benzene rings is 1. The molecule has 1 amide bonds. The first kappa shape index (κ1) is 16.6. The van der Waals surface area contributed by atoms with Crippen molar-refractivity contribution in [2.24, 2.45) is 11.8 Å². The molecule has 0 radical (unpaired) electrons. The van der Waals surface area contributed by atoms with Crippen LogP contribution in [-0.4, -0.2) is 51.2 Å². The van der Waals surface area contributed by atoms with Crippen LogP contribution in [0.2, 0.25) is 0 Å². The number of carbonyl (C=O) groups excluding carboxylic acids is 1. The van der Waals surface area contributed by atoms with E-state index < -0.39 is 0 Å². The Morgan fingerprint density at radius 2 is 1.65 bits per heavy atom. The summed E-state index contributed by atoms with van der Waals surface area (Å²) in [5.74, 6) is 2.71. The quantitative estimate of drug-likeness (QED) is 0.872. The molecule has 1 aromatic rings. The lowest BCUT2D eigenvalue weighted by molar-refractivity contribution is 0.0757. The number of rotatable bonds is 3. The summed E-state index contributed by atoms with van der Waals surface area (Å²) in [6.45, 7) is 3.82. The summed E-state index contributed by atoms with van der Waals surface area (Å²) >= 11 is 3.44. The van der Waals surface area contributed by atoms with Crippen LogP contribution in [-0.2, 0) is 0 Å². The van der Waals surface area contributed by atoms with Crippen molar-refractivity contribution in [2.75, 3.05) is 40.4 Å². The van der Waals surface area contributed by atoms with Crippen LogP contribution < -0.4 is 14.8 Å². The van der Waals surface area contributed by atoms with Crippen molar-refractivity contribution in [3.63, 3.8) is 0 Å². The maximum Gasteiger partial charge on any atom is 0.254 e. The van der Waals surface area contributed by atoms with Crippen LogP contribution in [0.5, 0.6) is 11.5 Å². The Labute approximate surface area is 145 Å². The molecule has 2 aliphatic heterocycles. The van der Waals surface area contributed by atoms with E-state index in [-0.39, 0.29) is 5.91 Å². The lowest BCUT2D eigenvalue weighted by atomic mass is 9.92. The summed E-state index contributed by atoms with van der Waals surface area (Å²) in [7, 11) is 3.18. The van der Waals surface area contributed by atoms with E-state index in [0.717, 1.165) is 43.5 Å². The van der Waals surface area contributed by atoms with Gasteiger partial charge >= 0.3 is 0 Å². The molecule has 2 heterocycles. The zero-order valence-corrected chi connectivity index (χ0v) is 15.2. The van der Waals surface area contributed by atoms with Crippen molar-refractivity contribution in [1.29, 1.82) is 0 Å². The van der Waals surface area contributed by atoms with Crippen molar-refractivity contribution >= 4 is 21.8 Å². The van der Waals surface area contributed by atoms with E-state index >= 15 is 0 Å². The molecule has 0 spiro atoms. The monoisotopic (exact) mass is 382 g/mol. The molecule has 6 heteroatoms. The minimum absolute atomic E-state index is 0.0574. The smallest absolute Gasteiger partial charge is 0.254 e. The SMILES string of the molecule is COc1cc(C(=O)N2CC[C@@H]3CNC[C@@H]3CC2)cc(OC)c1Br. The van der Waals surface area contributed by atoms with Crippen LogP contribution in [0.1, 0.15) is 23.2 Å². The summed E-state index contributed by atoms with van der Waals surface area (Å²) in [5, 5.41) is 3.46. The summed E-state index contributed by atoms with van der Waals surface area (Å²) < 4.78 is 11.4. The van der Waals surface area contributed by atoms with Gasteiger partial charge in [0.25, 0.3) is 5.91 Å². The van der Waals surface area contributed by atoms with Crippen molar-refractivity contribution in [3.8, 4) is 11.5 Å². The van der Waals surface area contributed by atoms with Gasteiger partial charge in [0, 0.05) is 18.7 Å². The summed E-state index contributed by atoms with van der Waals surface area (Å²) in [5.41, 5.74) is 0.618. The van der Waals surface area contributed by atoms with E-state index in [2.05, 4.69) is 21.2 Å². The zero-order chi connectivity index (χ0) is 16.4. The predicted octanol–water partition coefficient (Wildman–Crippen LogP) is 2.54. The molecule has 1 aromatic carbocycles. The van der Waals surface area contributed by atoms with Crippen molar-refractivity contribution < 1.29 is 14.3 Å². The second kappa shape index (κ2) is 7.09. The largest absolute Gasteiger partial charge is 0.495 e. The van der Waals surface area contributed by atoms with Gasteiger partial charge < -0.3 is 19.7 Å². The molecule has 2 fully saturated rings. The molecule has 0 bridgehead atoms. The third-order valence-electron chi connectivity index (χ3n) is 5.00. The summed E-state index contributed by atoms with van der Waals surface area (Å²) in [6.07, 6.45) is 2.16. The van der Waals surface area contributed by atoms with Crippen molar-refractivity contribution in [2.45, 2.75) is 12.8 Å². The molecular formula is C17H23BrN2O3. The Balaban J connectivity index is 1.80. The Morgan fingerprint density at radius 1 is 1.13 bits per heavy atom. The van der Waals surface area contributed by atoms with Gasteiger partial charge in [0.2, 0.25) is 0 Å². The maximum absolute atomic E-state index is 12.9. The van der Waals surface area contributed by atoms with Crippen LogP contribution in [0, 0.1) is 11.8 Å². The Morgan fingerprint density at radius 3 is 2.13 bits per heavy atom. The van der Waals surface area contributed by atoms with Crippen LogP contribution in [0.25, 0.3) is 0 Å².